The van der Waals surface area contributed by atoms with Crippen molar-refractivity contribution < 1.29 is 19.2 Å². The van der Waals surface area contributed by atoms with Crippen molar-refractivity contribution in [1.29, 1.82) is 0 Å². The normalized spacial score (nSPS) is 17.4. The fourth-order valence-corrected chi connectivity index (χ4v) is 7.13. The number of ether oxygens (including phenoxy) is 1. The maximum absolute atomic E-state index is 13.6. The van der Waals surface area contributed by atoms with Gasteiger partial charge in [0.1, 0.15) is 11.9 Å². The Hall–Kier alpha value is -4.21. The van der Waals surface area contributed by atoms with Gasteiger partial charge in [-0.2, -0.15) is 0 Å². The SMILES string of the molecule is CCCC1(CCC)c2cc(-c3cnc([C@@H]4CCCN4C(=O)[C@@H](NC(=O)OC)C(C)C)[nH]3)ccc2-c2ccc([N+](=O)[O-])cc21. The van der Waals surface area contributed by atoms with E-state index in [1.54, 1.807) is 12.1 Å². The van der Waals surface area contributed by atoms with Crippen molar-refractivity contribution in [3.05, 3.63) is 69.7 Å². The highest BCUT2D eigenvalue weighted by Gasteiger charge is 2.43. The summed E-state index contributed by atoms with van der Waals surface area (Å²) < 4.78 is 4.75. The van der Waals surface area contributed by atoms with Gasteiger partial charge in [0.25, 0.3) is 5.69 Å². The van der Waals surface area contributed by atoms with Gasteiger partial charge in [-0.25, -0.2) is 9.78 Å². The molecule has 5 rings (SSSR count). The minimum Gasteiger partial charge on any atom is -0.453 e. The monoisotopic (exact) mass is 587 g/mol. The Balaban J connectivity index is 1.49. The molecule has 1 aliphatic heterocycles. The predicted octanol–water partition coefficient (Wildman–Crippen LogP) is 6.90. The Kier molecular flexibility index (Phi) is 8.57. The van der Waals surface area contributed by atoms with E-state index in [1.807, 2.05) is 31.0 Å². The lowest BCUT2D eigenvalue weighted by Crippen LogP contribution is -2.51. The second kappa shape index (κ2) is 12.2. The Morgan fingerprint density at radius 2 is 1.81 bits per heavy atom. The summed E-state index contributed by atoms with van der Waals surface area (Å²) in [6.45, 7) is 8.71. The van der Waals surface area contributed by atoms with Gasteiger partial charge in [-0.15, -0.1) is 0 Å². The zero-order valence-electron chi connectivity index (χ0n) is 25.6. The summed E-state index contributed by atoms with van der Waals surface area (Å²) >= 11 is 0. The number of aromatic nitrogens is 2. The van der Waals surface area contributed by atoms with Gasteiger partial charge < -0.3 is 19.9 Å². The molecule has 0 unspecified atom stereocenters. The molecule has 228 valence electrons. The van der Waals surface area contributed by atoms with Gasteiger partial charge in [0.2, 0.25) is 5.91 Å². The Morgan fingerprint density at radius 1 is 1.14 bits per heavy atom. The van der Waals surface area contributed by atoms with Crippen LogP contribution in [0.15, 0.2) is 42.6 Å². The number of hydrogen-bond donors (Lipinski definition) is 2. The van der Waals surface area contributed by atoms with Crippen LogP contribution < -0.4 is 5.32 Å². The van der Waals surface area contributed by atoms with Crippen LogP contribution in [0.25, 0.3) is 22.4 Å². The molecule has 2 amide bonds. The van der Waals surface area contributed by atoms with E-state index in [0.29, 0.717) is 12.4 Å². The van der Waals surface area contributed by atoms with Crippen LogP contribution in [-0.4, -0.2) is 51.5 Å². The zero-order chi connectivity index (χ0) is 30.9. The molecule has 10 heteroatoms. The number of nitro groups is 1. The van der Waals surface area contributed by atoms with Crippen molar-refractivity contribution in [3.63, 3.8) is 0 Å². The molecule has 10 nitrogen and oxygen atoms in total. The molecule has 2 atom stereocenters. The maximum atomic E-state index is 13.6. The first-order valence-corrected chi connectivity index (χ1v) is 15.3. The molecule has 0 bridgehead atoms. The van der Waals surface area contributed by atoms with E-state index >= 15 is 0 Å². The standard InChI is InChI=1S/C33H41N5O5/c1-6-14-33(15-7-2)25-17-21(10-12-23(25)24-13-11-22(38(41)42)18-26(24)33)27-19-34-30(35-27)28-9-8-16-37(28)31(39)29(20(3)4)36-32(40)43-5/h10-13,17-20,28-29H,6-9,14-16H2,1-5H3,(H,34,35)(H,36,40)/t28-,29-/m0/s1. The fraction of sp³-hybridized carbons (Fsp3) is 0.485. The molecule has 1 aromatic heterocycles. The third-order valence-corrected chi connectivity index (χ3v) is 9.06. The van der Waals surface area contributed by atoms with Gasteiger partial charge in [0.15, 0.2) is 0 Å². The summed E-state index contributed by atoms with van der Waals surface area (Å²) in [6.07, 6.45) is 6.51. The summed E-state index contributed by atoms with van der Waals surface area (Å²) in [5.41, 5.74) is 6.11. The van der Waals surface area contributed by atoms with E-state index in [4.69, 9.17) is 9.72 Å². The Labute approximate surface area is 252 Å². The van der Waals surface area contributed by atoms with Crippen LogP contribution in [0.4, 0.5) is 10.5 Å². The average molecular weight is 588 g/mol. The molecule has 2 N–H and O–H groups in total. The topological polar surface area (TPSA) is 130 Å². The molecule has 1 aliphatic carbocycles. The number of rotatable bonds is 10. The quantitative estimate of drug-likeness (QED) is 0.196. The molecule has 0 saturated carbocycles. The van der Waals surface area contributed by atoms with Gasteiger partial charge in [-0.1, -0.05) is 52.7 Å². The molecule has 1 fully saturated rings. The van der Waals surface area contributed by atoms with Crippen LogP contribution in [0.5, 0.6) is 0 Å². The number of nitrogens with zero attached hydrogens (tertiary/aromatic N) is 3. The van der Waals surface area contributed by atoms with Gasteiger partial charge in [-0.3, -0.25) is 14.9 Å². The van der Waals surface area contributed by atoms with E-state index < -0.39 is 12.1 Å². The summed E-state index contributed by atoms with van der Waals surface area (Å²) in [5.74, 6) is 0.465. The van der Waals surface area contributed by atoms with Crippen molar-refractivity contribution >= 4 is 17.7 Å². The Morgan fingerprint density at radius 3 is 2.44 bits per heavy atom. The summed E-state index contributed by atoms with van der Waals surface area (Å²) in [4.78, 5) is 46.9. The number of fused-ring (bicyclic) bond motifs is 3. The smallest absolute Gasteiger partial charge is 0.407 e. The number of amides is 2. The van der Waals surface area contributed by atoms with Crippen LogP contribution in [0.3, 0.4) is 0 Å². The number of aromatic amines is 1. The number of nitro benzene ring substituents is 1. The van der Waals surface area contributed by atoms with Crippen LogP contribution in [0.2, 0.25) is 0 Å². The minimum atomic E-state index is -0.693. The number of carbonyl (C=O) groups excluding carboxylic acids is 2. The van der Waals surface area contributed by atoms with E-state index in [1.165, 1.54) is 12.7 Å². The zero-order valence-corrected chi connectivity index (χ0v) is 25.6. The van der Waals surface area contributed by atoms with Gasteiger partial charge in [0, 0.05) is 24.1 Å². The van der Waals surface area contributed by atoms with Crippen molar-refractivity contribution in [1.82, 2.24) is 20.2 Å². The molecule has 1 saturated heterocycles. The lowest BCUT2D eigenvalue weighted by atomic mass is 9.71. The second-order valence-electron chi connectivity index (χ2n) is 12.1. The first kappa shape index (κ1) is 30.3. The maximum Gasteiger partial charge on any atom is 0.407 e. The molecule has 0 radical (unpaired) electrons. The lowest BCUT2D eigenvalue weighted by Gasteiger charge is -2.32. The number of likely N-dealkylation sites (tertiary alicyclic amines) is 1. The highest BCUT2D eigenvalue weighted by molar-refractivity contribution is 5.87. The number of non-ortho nitro benzene ring substituents is 1. The highest BCUT2D eigenvalue weighted by Crippen LogP contribution is 2.55. The number of nitrogens with one attached hydrogen (secondary N) is 2. The highest BCUT2D eigenvalue weighted by atomic mass is 16.6. The number of carbonyl (C=O) groups is 2. The first-order valence-electron chi connectivity index (χ1n) is 15.3. The average Bonchev–Trinajstić information content (AvgIpc) is 3.73. The third-order valence-electron chi connectivity index (χ3n) is 9.06. The Bertz CT molecular complexity index is 1520. The molecule has 43 heavy (non-hydrogen) atoms. The molecule has 2 aromatic carbocycles. The van der Waals surface area contributed by atoms with Gasteiger partial charge in [0.05, 0.1) is 30.0 Å². The number of alkyl carbamates (subject to hydrolysis) is 1. The largest absolute Gasteiger partial charge is 0.453 e. The van der Waals surface area contributed by atoms with Crippen LogP contribution in [-0.2, 0) is 14.9 Å². The third kappa shape index (κ3) is 5.39. The summed E-state index contributed by atoms with van der Waals surface area (Å²) in [7, 11) is 1.29. The minimum absolute atomic E-state index is 0.108. The van der Waals surface area contributed by atoms with Crippen LogP contribution in [0.1, 0.15) is 89.2 Å². The molecule has 0 spiro atoms. The number of H-pyrrole nitrogens is 1. The molecule has 2 heterocycles. The van der Waals surface area contributed by atoms with Crippen molar-refractivity contribution in [2.45, 2.75) is 83.7 Å². The molecular weight excluding hydrogens is 546 g/mol. The second-order valence-corrected chi connectivity index (χ2v) is 12.1. The van der Waals surface area contributed by atoms with Crippen LogP contribution >= 0.6 is 0 Å². The summed E-state index contributed by atoms with van der Waals surface area (Å²) in [5, 5.41) is 14.4. The van der Waals surface area contributed by atoms with E-state index in [9.17, 15) is 19.7 Å². The molecular formula is C33H41N5O5. The van der Waals surface area contributed by atoms with E-state index in [2.05, 4.69) is 42.3 Å². The first-order chi connectivity index (χ1) is 20.6. The van der Waals surface area contributed by atoms with Crippen molar-refractivity contribution in [2.24, 2.45) is 5.92 Å². The predicted molar refractivity (Wildman–Crippen MR) is 165 cm³/mol. The number of hydrogen-bond acceptors (Lipinski definition) is 6. The number of benzene rings is 2. The van der Waals surface area contributed by atoms with Crippen molar-refractivity contribution in [2.75, 3.05) is 13.7 Å². The number of imidazole rings is 1. The number of methoxy groups -OCH3 is 1. The summed E-state index contributed by atoms with van der Waals surface area (Å²) in [6, 6.07) is 10.8. The molecule has 3 aromatic rings. The fourth-order valence-electron chi connectivity index (χ4n) is 7.13. The van der Waals surface area contributed by atoms with E-state index in [-0.39, 0.29) is 33.9 Å². The van der Waals surface area contributed by atoms with Gasteiger partial charge in [-0.05, 0) is 71.6 Å². The van der Waals surface area contributed by atoms with Crippen molar-refractivity contribution in [3.8, 4) is 22.4 Å². The molecule has 2 aliphatic rings. The van der Waals surface area contributed by atoms with Gasteiger partial charge >= 0.3 is 6.09 Å². The van der Waals surface area contributed by atoms with E-state index in [0.717, 1.165) is 66.5 Å². The lowest BCUT2D eigenvalue weighted by molar-refractivity contribution is -0.384. The van der Waals surface area contributed by atoms with Crippen LogP contribution in [0, 0.1) is 16.0 Å².